The molecule has 0 aliphatic rings. The number of nitrogens with zero attached hydrogens (tertiary/aromatic N) is 1. The molecule has 1 aromatic carbocycles. The van der Waals surface area contributed by atoms with Gasteiger partial charge >= 0.3 is 0 Å². The van der Waals surface area contributed by atoms with E-state index in [4.69, 9.17) is 10.00 Å². The molecule has 0 saturated carbocycles. The van der Waals surface area contributed by atoms with Crippen LogP contribution in [-0.4, -0.2) is 13.7 Å². The van der Waals surface area contributed by atoms with Crippen LogP contribution in [0.1, 0.15) is 26.7 Å². The van der Waals surface area contributed by atoms with Crippen LogP contribution < -0.4 is 10.1 Å². The third kappa shape index (κ3) is 4.97. The lowest BCUT2D eigenvalue weighted by Gasteiger charge is -2.15. The highest BCUT2D eigenvalue weighted by Crippen LogP contribution is 2.25. The third-order valence-corrected chi connectivity index (χ3v) is 3.18. The van der Waals surface area contributed by atoms with E-state index in [2.05, 4.69) is 27.3 Å². The van der Waals surface area contributed by atoms with E-state index in [1.54, 1.807) is 7.11 Å². The summed E-state index contributed by atoms with van der Waals surface area (Å²) in [5.41, 5.74) is 0.785. The number of methoxy groups -OCH3 is 1. The SMILES string of the molecule is COc1cc(Br)cc(NCCCC(C)(C)C#N)c1. The van der Waals surface area contributed by atoms with Gasteiger partial charge in [0.15, 0.2) is 0 Å². The second-order valence-corrected chi connectivity index (χ2v) is 5.82. The molecule has 0 aliphatic heterocycles. The summed E-state index contributed by atoms with van der Waals surface area (Å²) in [5.74, 6) is 0.823. The van der Waals surface area contributed by atoms with Gasteiger partial charge in [0, 0.05) is 22.8 Å². The van der Waals surface area contributed by atoms with Gasteiger partial charge in [-0.1, -0.05) is 15.9 Å². The molecule has 0 saturated heterocycles. The van der Waals surface area contributed by atoms with Gasteiger partial charge in [-0.3, -0.25) is 0 Å². The molecule has 3 nitrogen and oxygen atoms in total. The number of hydrogen-bond acceptors (Lipinski definition) is 3. The predicted molar refractivity (Wildman–Crippen MR) is 77.8 cm³/mol. The van der Waals surface area contributed by atoms with Crippen molar-refractivity contribution >= 4 is 21.6 Å². The van der Waals surface area contributed by atoms with Crippen molar-refractivity contribution in [2.45, 2.75) is 26.7 Å². The maximum atomic E-state index is 8.92. The first-order valence-electron chi connectivity index (χ1n) is 5.96. The predicted octanol–water partition coefficient (Wildman–Crippen LogP) is 4.20. The lowest BCUT2D eigenvalue weighted by atomic mass is 9.90. The summed E-state index contributed by atoms with van der Waals surface area (Å²) in [6.07, 6.45) is 1.86. The summed E-state index contributed by atoms with van der Waals surface area (Å²) in [4.78, 5) is 0. The number of nitrogens with one attached hydrogen (secondary N) is 1. The zero-order valence-electron chi connectivity index (χ0n) is 11.1. The van der Waals surface area contributed by atoms with Crippen molar-refractivity contribution in [3.63, 3.8) is 0 Å². The fourth-order valence-corrected chi connectivity index (χ4v) is 2.07. The molecule has 1 rings (SSSR count). The first-order valence-corrected chi connectivity index (χ1v) is 6.76. The molecular formula is C14H19BrN2O. The molecule has 0 unspecified atom stereocenters. The lowest BCUT2D eigenvalue weighted by molar-refractivity contribution is 0.414. The van der Waals surface area contributed by atoms with Crippen LogP contribution in [0.25, 0.3) is 0 Å². The van der Waals surface area contributed by atoms with E-state index in [1.165, 1.54) is 0 Å². The first kappa shape index (κ1) is 14.8. The van der Waals surface area contributed by atoms with Gasteiger partial charge in [0.05, 0.1) is 18.6 Å². The minimum Gasteiger partial charge on any atom is -0.497 e. The summed E-state index contributed by atoms with van der Waals surface area (Å²) < 4.78 is 6.19. The van der Waals surface area contributed by atoms with Crippen molar-refractivity contribution in [1.29, 1.82) is 5.26 Å². The topological polar surface area (TPSA) is 45.0 Å². The molecule has 0 aromatic heterocycles. The standard InChI is InChI=1S/C14H19BrN2O/c1-14(2,10-16)5-4-6-17-12-7-11(15)8-13(9-12)18-3/h7-9,17H,4-6H2,1-3H3. The Balaban J connectivity index is 2.45. The Morgan fingerprint density at radius 3 is 2.72 bits per heavy atom. The molecule has 0 bridgehead atoms. The van der Waals surface area contributed by atoms with Gasteiger partial charge in [0.2, 0.25) is 0 Å². The van der Waals surface area contributed by atoms with Crippen LogP contribution >= 0.6 is 15.9 Å². The van der Waals surface area contributed by atoms with Crippen LogP contribution in [0, 0.1) is 16.7 Å². The second kappa shape index (κ2) is 6.65. The van der Waals surface area contributed by atoms with Gasteiger partial charge in [0.25, 0.3) is 0 Å². The zero-order valence-corrected chi connectivity index (χ0v) is 12.7. The highest BCUT2D eigenvalue weighted by Gasteiger charge is 2.15. The Kier molecular flexibility index (Phi) is 5.49. The molecule has 1 aromatic rings. The average Bonchev–Trinajstić information content (AvgIpc) is 2.34. The fraction of sp³-hybridized carbons (Fsp3) is 0.500. The monoisotopic (exact) mass is 310 g/mol. The lowest BCUT2D eigenvalue weighted by Crippen LogP contribution is -2.11. The number of anilines is 1. The summed E-state index contributed by atoms with van der Waals surface area (Å²) >= 11 is 3.44. The number of hydrogen-bond donors (Lipinski definition) is 1. The van der Waals surface area contributed by atoms with Crippen molar-refractivity contribution in [2.24, 2.45) is 5.41 Å². The number of halogens is 1. The molecule has 0 radical (unpaired) electrons. The van der Waals surface area contributed by atoms with E-state index >= 15 is 0 Å². The maximum absolute atomic E-state index is 8.92. The van der Waals surface area contributed by atoms with Crippen molar-refractivity contribution < 1.29 is 4.74 Å². The van der Waals surface area contributed by atoms with E-state index in [-0.39, 0.29) is 5.41 Å². The molecule has 1 N–H and O–H groups in total. The summed E-state index contributed by atoms with van der Waals surface area (Å²) in [7, 11) is 1.65. The molecule has 0 aliphatic carbocycles. The van der Waals surface area contributed by atoms with Crippen molar-refractivity contribution in [3.05, 3.63) is 22.7 Å². The number of benzene rings is 1. The molecule has 0 fully saturated rings. The van der Waals surface area contributed by atoms with Gasteiger partial charge in [-0.25, -0.2) is 0 Å². The molecule has 0 heterocycles. The Labute approximate surface area is 117 Å². The fourth-order valence-electron chi connectivity index (χ4n) is 1.60. The number of ether oxygens (including phenoxy) is 1. The highest BCUT2D eigenvalue weighted by atomic mass is 79.9. The Morgan fingerprint density at radius 1 is 1.39 bits per heavy atom. The van der Waals surface area contributed by atoms with Gasteiger partial charge in [-0.15, -0.1) is 0 Å². The smallest absolute Gasteiger partial charge is 0.122 e. The number of nitriles is 1. The van der Waals surface area contributed by atoms with Crippen LogP contribution in [0.5, 0.6) is 5.75 Å². The van der Waals surface area contributed by atoms with Gasteiger partial charge in [0.1, 0.15) is 5.75 Å². The maximum Gasteiger partial charge on any atom is 0.122 e. The Morgan fingerprint density at radius 2 is 2.11 bits per heavy atom. The quantitative estimate of drug-likeness (QED) is 0.801. The van der Waals surface area contributed by atoms with E-state index in [1.807, 2.05) is 32.0 Å². The number of rotatable bonds is 6. The van der Waals surface area contributed by atoms with Gasteiger partial charge in [-0.2, -0.15) is 5.26 Å². The van der Waals surface area contributed by atoms with Gasteiger partial charge < -0.3 is 10.1 Å². The van der Waals surface area contributed by atoms with E-state index in [9.17, 15) is 0 Å². The summed E-state index contributed by atoms with van der Waals surface area (Å²) in [6, 6.07) is 8.20. The largest absolute Gasteiger partial charge is 0.497 e. The van der Waals surface area contributed by atoms with Gasteiger partial charge in [-0.05, 0) is 38.8 Å². The molecule has 0 atom stereocenters. The average molecular weight is 311 g/mol. The molecule has 98 valence electrons. The van der Waals surface area contributed by atoms with E-state index in [0.29, 0.717) is 0 Å². The first-order chi connectivity index (χ1) is 8.46. The molecular weight excluding hydrogens is 292 g/mol. The van der Waals surface area contributed by atoms with Crippen molar-refractivity contribution in [2.75, 3.05) is 19.0 Å². The second-order valence-electron chi connectivity index (χ2n) is 4.91. The van der Waals surface area contributed by atoms with Crippen LogP contribution in [0.15, 0.2) is 22.7 Å². The minimum absolute atomic E-state index is 0.239. The third-order valence-electron chi connectivity index (χ3n) is 2.72. The van der Waals surface area contributed by atoms with Crippen LogP contribution in [0.3, 0.4) is 0 Å². The van der Waals surface area contributed by atoms with E-state index in [0.717, 1.165) is 35.3 Å². The van der Waals surface area contributed by atoms with Crippen LogP contribution in [0.2, 0.25) is 0 Å². The van der Waals surface area contributed by atoms with Crippen molar-refractivity contribution in [1.82, 2.24) is 0 Å². The minimum atomic E-state index is -0.239. The zero-order chi connectivity index (χ0) is 13.6. The van der Waals surface area contributed by atoms with Crippen molar-refractivity contribution in [3.8, 4) is 11.8 Å². The normalized spacial score (nSPS) is 10.8. The van der Waals surface area contributed by atoms with Crippen LogP contribution in [-0.2, 0) is 0 Å². The molecule has 0 amide bonds. The summed E-state index contributed by atoms with van der Waals surface area (Å²) in [6.45, 7) is 4.79. The molecule has 0 spiro atoms. The Bertz CT molecular complexity index is 438. The van der Waals surface area contributed by atoms with E-state index < -0.39 is 0 Å². The van der Waals surface area contributed by atoms with Crippen LogP contribution in [0.4, 0.5) is 5.69 Å². The summed E-state index contributed by atoms with van der Waals surface area (Å²) in [5, 5.41) is 12.3. The molecule has 18 heavy (non-hydrogen) atoms. The molecule has 4 heteroatoms. The highest BCUT2D eigenvalue weighted by molar-refractivity contribution is 9.10. The Hall–Kier alpha value is -1.21.